The molecular formula is C12H18OS. The monoisotopic (exact) mass is 210 g/mol. The van der Waals surface area contributed by atoms with Crippen LogP contribution in [0.2, 0.25) is 0 Å². The van der Waals surface area contributed by atoms with Gasteiger partial charge in [0.15, 0.2) is 0 Å². The molecule has 0 amide bonds. The number of fused-ring (bicyclic) bond motifs is 2. The minimum absolute atomic E-state index is 0.184. The van der Waals surface area contributed by atoms with Gasteiger partial charge in [-0.15, -0.1) is 0 Å². The third-order valence-corrected chi connectivity index (χ3v) is 5.06. The molecule has 2 heteroatoms. The Bertz CT molecular complexity index is 303. The van der Waals surface area contributed by atoms with Crippen LogP contribution in [0.3, 0.4) is 0 Å². The molecule has 3 unspecified atom stereocenters. The molecule has 14 heavy (non-hydrogen) atoms. The number of hydrogen-bond acceptors (Lipinski definition) is 2. The number of thioether (sulfide) groups is 1. The minimum atomic E-state index is 0.184. The number of hydrogen-bond donors (Lipinski definition) is 0. The molecule has 78 valence electrons. The SMILES string of the molecule is CSC1C(=O)C2CC=C(C)C1C2(C)C. The number of Topliss-reactive ketones (excluding diaryl/α,β-unsaturated/α-hetero) is 1. The van der Waals surface area contributed by atoms with Crippen LogP contribution >= 0.6 is 11.8 Å². The molecular weight excluding hydrogens is 192 g/mol. The first kappa shape index (κ1) is 10.3. The molecule has 2 aliphatic carbocycles. The normalized spacial score (nSPS) is 39.9. The average Bonchev–Trinajstić information content (AvgIpc) is 2.22. The third kappa shape index (κ3) is 1.13. The summed E-state index contributed by atoms with van der Waals surface area (Å²) in [4.78, 5) is 12.1. The molecule has 1 nitrogen and oxygen atoms in total. The van der Waals surface area contributed by atoms with E-state index in [0.717, 1.165) is 6.42 Å². The van der Waals surface area contributed by atoms with Gasteiger partial charge in [-0.1, -0.05) is 25.5 Å². The Balaban J connectivity index is 2.46. The molecule has 2 bridgehead atoms. The number of carbonyl (C=O) groups is 1. The summed E-state index contributed by atoms with van der Waals surface area (Å²) in [5, 5.41) is 0.216. The first-order valence-electron chi connectivity index (χ1n) is 5.23. The van der Waals surface area contributed by atoms with Crippen molar-refractivity contribution in [3.05, 3.63) is 11.6 Å². The summed E-state index contributed by atoms with van der Waals surface area (Å²) in [7, 11) is 0. The first-order chi connectivity index (χ1) is 6.50. The van der Waals surface area contributed by atoms with Crippen molar-refractivity contribution in [3.8, 4) is 0 Å². The molecule has 0 aromatic heterocycles. The molecule has 2 aliphatic rings. The Kier molecular flexibility index (Phi) is 2.30. The summed E-state index contributed by atoms with van der Waals surface area (Å²) in [6.45, 7) is 6.70. The van der Waals surface area contributed by atoms with E-state index in [2.05, 4.69) is 33.1 Å². The Morgan fingerprint density at radius 3 is 2.71 bits per heavy atom. The smallest absolute Gasteiger partial charge is 0.150 e. The summed E-state index contributed by atoms with van der Waals surface area (Å²) in [5.74, 6) is 1.23. The lowest BCUT2D eigenvalue weighted by Gasteiger charge is -2.36. The van der Waals surface area contributed by atoms with E-state index in [4.69, 9.17) is 0 Å². The maximum absolute atomic E-state index is 12.1. The van der Waals surface area contributed by atoms with E-state index in [0.29, 0.717) is 11.7 Å². The van der Waals surface area contributed by atoms with Crippen molar-refractivity contribution in [2.45, 2.75) is 32.4 Å². The minimum Gasteiger partial charge on any atom is -0.298 e. The van der Waals surface area contributed by atoms with Gasteiger partial charge >= 0.3 is 0 Å². The van der Waals surface area contributed by atoms with Gasteiger partial charge < -0.3 is 0 Å². The van der Waals surface area contributed by atoms with Gasteiger partial charge in [-0.05, 0) is 25.0 Å². The van der Waals surface area contributed by atoms with E-state index >= 15 is 0 Å². The molecule has 0 saturated heterocycles. The van der Waals surface area contributed by atoms with Gasteiger partial charge in [-0.25, -0.2) is 0 Å². The lowest BCUT2D eigenvalue weighted by Crippen LogP contribution is -2.31. The van der Waals surface area contributed by atoms with Crippen molar-refractivity contribution >= 4 is 17.5 Å². The highest BCUT2D eigenvalue weighted by atomic mass is 32.2. The standard InChI is InChI=1S/C12H18OS/c1-7-5-6-8-10(13)11(14-4)9(7)12(8,2)3/h5,8-9,11H,6H2,1-4H3. The Hall–Kier alpha value is -0.240. The van der Waals surface area contributed by atoms with Crippen LogP contribution in [-0.2, 0) is 4.79 Å². The van der Waals surface area contributed by atoms with E-state index in [1.165, 1.54) is 5.57 Å². The van der Waals surface area contributed by atoms with Gasteiger partial charge in [0.05, 0.1) is 5.25 Å². The average molecular weight is 210 g/mol. The van der Waals surface area contributed by atoms with Crippen LogP contribution in [0.25, 0.3) is 0 Å². The molecule has 1 saturated carbocycles. The Morgan fingerprint density at radius 1 is 1.50 bits per heavy atom. The van der Waals surface area contributed by atoms with Gasteiger partial charge in [-0.2, -0.15) is 11.8 Å². The van der Waals surface area contributed by atoms with Crippen LogP contribution in [0.5, 0.6) is 0 Å². The molecule has 0 aromatic rings. The lowest BCUT2D eigenvalue weighted by molar-refractivity contribution is -0.121. The third-order valence-electron chi connectivity index (χ3n) is 4.05. The first-order valence-corrected chi connectivity index (χ1v) is 6.52. The fourth-order valence-corrected chi connectivity index (χ4v) is 4.50. The van der Waals surface area contributed by atoms with E-state index in [9.17, 15) is 4.79 Å². The van der Waals surface area contributed by atoms with Gasteiger partial charge in [0.25, 0.3) is 0 Å². The molecule has 0 aliphatic heterocycles. The number of ketones is 1. The summed E-state index contributed by atoms with van der Waals surface area (Å²) in [5.41, 5.74) is 1.61. The van der Waals surface area contributed by atoms with Crippen LogP contribution in [0, 0.1) is 17.3 Å². The van der Waals surface area contributed by atoms with E-state index in [-0.39, 0.29) is 16.6 Å². The molecule has 0 N–H and O–H groups in total. The van der Waals surface area contributed by atoms with Crippen LogP contribution in [0.1, 0.15) is 27.2 Å². The van der Waals surface area contributed by atoms with E-state index in [1.54, 1.807) is 11.8 Å². The summed E-state index contributed by atoms with van der Waals surface area (Å²) >= 11 is 1.73. The Labute approximate surface area is 90.3 Å². The second-order valence-corrected chi connectivity index (χ2v) is 6.07. The van der Waals surface area contributed by atoms with Gasteiger partial charge in [-0.3, -0.25) is 4.79 Å². The molecule has 0 radical (unpaired) electrons. The predicted octanol–water partition coefficient (Wildman–Crippen LogP) is 2.91. The fourth-order valence-electron chi connectivity index (χ4n) is 3.26. The van der Waals surface area contributed by atoms with Crippen molar-refractivity contribution in [1.29, 1.82) is 0 Å². The van der Waals surface area contributed by atoms with Crippen LogP contribution in [-0.4, -0.2) is 17.3 Å². The van der Waals surface area contributed by atoms with Crippen molar-refractivity contribution in [1.82, 2.24) is 0 Å². The molecule has 1 fully saturated rings. The van der Waals surface area contributed by atoms with E-state index < -0.39 is 0 Å². The highest BCUT2D eigenvalue weighted by Crippen LogP contribution is 2.55. The second kappa shape index (κ2) is 3.13. The predicted molar refractivity (Wildman–Crippen MR) is 61.4 cm³/mol. The molecule has 0 spiro atoms. The highest BCUT2D eigenvalue weighted by molar-refractivity contribution is 8.00. The quantitative estimate of drug-likeness (QED) is 0.619. The second-order valence-electron chi connectivity index (χ2n) is 5.09. The maximum Gasteiger partial charge on any atom is 0.150 e. The summed E-state index contributed by atoms with van der Waals surface area (Å²) in [6, 6.07) is 0. The fraction of sp³-hybridized carbons (Fsp3) is 0.750. The van der Waals surface area contributed by atoms with Crippen molar-refractivity contribution in [2.24, 2.45) is 17.3 Å². The topological polar surface area (TPSA) is 17.1 Å². The van der Waals surface area contributed by atoms with Crippen LogP contribution < -0.4 is 0 Å². The van der Waals surface area contributed by atoms with Gasteiger partial charge in [0.2, 0.25) is 0 Å². The molecule has 0 aromatic carbocycles. The van der Waals surface area contributed by atoms with Crippen LogP contribution in [0.4, 0.5) is 0 Å². The van der Waals surface area contributed by atoms with Crippen molar-refractivity contribution in [3.63, 3.8) is 0 Å². The number of carbonyl (C=O) groups excluding carboxylic acids is 1. The molecule has 3 atom stereocenters. The number of rotatable bonds is 1. The molecule has 0 heterocycles. The molecule has 2 rings (SSSR count). The zero-order valence-electron chi connectivity index (χ0n) is 9.33. The Morgan fingerprint density at radius 2 is 2.14 bits per heavy atom. The van der Waals surface area contributed by atoms with Crippen molar-refractivity contribution < 1.29 is 4.79 Å². The number of allylic oxidation sites excluding steroid dienone is 2. The van der Waals surface area contributed by atoms with Gasteiger partial charge in [0, 0.05) is 11.8 Å². The zero-order valence-corrected chi connectivity index (χ0v) is 10.1. The largest absolute Gasteiger partial charge is 0.298 e. The zero-order chi connectivity index (χ0) is 10.5. The highest BCUT2D eigenvalue weighted by Gasteiger charge is 2.56. The van der Waals surface area contributed by atoms with E-state index in [1.807, 2.05) is 0 Å². The van der Waals surface area contributed by atoms with Crippen molar-refractivity contribution in [2.75, 3.05) is 6.26 Å². The van der Waals surface area contributed by atoms with Crippen LogP contribution in [0.15, 0.2) is 11.6 Å². The summed E-state index contributed by atoms with van der Waals surface area (Å²) < 4.78 is 0. The maximum atomic E-state index is 12.1. The van der Waals surface area contributed by atoms with Gasteiger partial charge in [0.1, 0.15) is 5.78 Å². The lowest BCUT2D eigenvalue weighted by atomic mass is 9.68. The summed E-state index contributed by atoms with van der Waals surface area (Å²) in [6.07, 6.45) is 5.30.